The quantitative estimate of drug-likeness (QED) is 0.838. The van der Waals surface area contributed by atoms with Gasteiger partial charge < -0.3 is 10.6 Å². The third-order valence-electron chi connectivity index (χ3n) is 6.79. The molecule has 4 aliphatic carbocycles. The monoisotopic (exact) mass is 354 g/mol. The molecule has 4 nitrogen and oxygen atoms in total. The molecule has 0 heterocycles. The van der Waals surface area contributed by atoms with Gasteiger partial charge in [-0.3, -0.25) is 9.59 Å². The molecule has 0 aromatic heterocycles. The van der Waals surface area contributed by atoms with E-state index >= 15 is 0 Å². The number of carbonyl (C=O) groups is 2. The largest absolute Gasteiger partial charge is 0.345 e. The zero-order valence-electron chi connectivity index (χ0n) is 15.9. The van der Waals surface area contributed by atoms with Crippen LogP contribution in [0, 0.1) is 30.1 Å². The van der Waals surface area contributed by atoms with Crippen molar-refractivity contribution in [2.24, 2.45) is 23.2 Å². The molecule has 4 saturated carbocycles. The number of rotatable bonds is 5. The van der Waals surface area contributed by atoms with Crippen molar-refractivity contribution in [1.29, 1.82) is 0 Å². The minimum absolute atomic E-state index is 0.0403. The van der Waals surface area contributed by atoms with Gasteiger partial charge in [0.2, 0.25) is 11.8 Å². The molecule has 1 aromatic rings. The van der Waals surface area contributed by atoms with Crippen LogP contribution in [0.2, 0.25) is 0 Å². The Balaban J connectivity index is 1.31. The van der Waals surface area contributed by atoms with Crippen molar-refractivity contribution >= 4 is 17.5 Å². The first-order chi connectivity index (χ1) is 12.4. The Morgan fingerprint density at radius 2 is 1.58 bits per heavy atom. The maximum atomic E-state index is 12.6. The second kappa shape index (κ2) is 6.71. The Labute approximate surface area is 156 Å². The molecule has 0 radical (unpaired) electrons. The SMILES string of the molecule is Cc1ccc(NC(=O)[C@H](C)NC(=O)CC23CC4CC(CC(C4)C2)C3)cc1. The van der Waals surface area contributed by atoms with Gasteiger partial charge in [-0.15, -0.1) is 0 Å². The highest BCUT2D eigenvalue weighted by atomic mass is 16.2. The molecule has 4 heteroatoms. The summed E-state index contributed by atoms with van der Waals surface area (Å²) in [7, 11) is 0. The molecule has 4 fully saturated rings. The van der Waals surface area contributed by atoms with Gasteiger partial charge in [0.05, 0.1) is 0 Å². The van der Waals surface area contributed by atoms with Crippen molar-refractivity contribution in [1.82, 2.24) is 5.32 Å². The Bertz CT molecular complexity index is 659. The fraction of sp³-hybridized carbons (Fsp3) is 0.636. The highest BCUT2D eigenvalue weighted by Gasteiger charge is 2.51. The molecule has 5 rings (SSSR count). The van der Waals surface area contributed by atoms with E-state index in [1.807, 2.05) is 31.2 Å². The van der Waals surface area contributed by atoms with Crippen LogP contribution in [0.1, 0.15) is 57.4 Å². The molecule has 2 N–H and O–H groups in total. The van der Waals surface area contributed by atoms with Crippen molar-refractivity contribution in [3.8, 4) is 0 Å². The van der Waals surface area contributed by atoms with Crippen LogP contribution in [0.4, 0.5) is 5.69 Å². The van der Waals surface area contributed by atoms with Crippen molar-refractivity contribution in [3.05, 3.63) is 29.8 Å². The van der Waals surface area contributed by atoms with E-state index in [4.69, 9.17) is 0 Å². The third kappa shape index (κ3) is 3.65. The van der Waals surface area contributed by atoms with Gasteiger partial charge in [0.1, 0.15) is 6.04 Å². The number of nitrogens with one attached hydrogen (secondary N) is 2. The average molecular weight is 354 g/mol. The molecule has 140 valence electrons. The van der Waals surface area contributed by atoms with Gasteiger partial charge in [-0.25, -0.2) is 0 Å². The number of amides is 2. The first-order valence-electron chi connectivity index (χ1n) is 10.1. The van der Waals surface area contributed by atoms with Gasteiger partial charge in [0.15, 0.2) is 0 Å². The van der Waals surface area contributed by atoms with Gasteiger partial charge in [-0.1, -0.05) is 17.7 Å². The zero-order valence-corrected chi connectivity index (χ0v) is 15.9. The summed E-state index contributed by atoms with van der Waals surface area (Å²) in [5, 5.41) is 5.82. The lowest BCUT2D eigenvalue weighted by atomic mass is 9.49. The molecular weight excluding hydrogens is 324 g/mol. The van der Waals surface area contributed by atoms with Crippen LogP contribution in [0.15, 0.2) is 24.3 Å². The number of benzene rings is 1. The molecule has 0 aliphatic heterocycles. The van der Waals surface area contributed by atoms with Crippen molar-refractivity contribution < 1.29 is 9.59 Å². The molecule has 1 atom stereocenters. The molecule has 26 heavy (non-hydrogen) atoms. The second-order valence-electron chi connectivity index (χ2n) is 9.24. The van der Waals surface area contributed by atoms with Gasteiger partial charge in [0.25, 0.3) is 0 Å². The fourth-order valence-electron chi connectivity index (χ4n) is 6.09. The van der Waals surface area contributed by atoms with Crippen molar-refractivity contribution in [2.45, 2.75) is 64.8 Å². The number of carbonyl (C=O) groups excluding carboxylic acids is 2. The Morgan fingerprint density at radius 3 is 2.12 bits per heavy atom. The van der Waals surface area contributed by atoms with E-state index in [-0.39, 0.29) is 17.2 Å². The summed E-state index contributed by atoms with van der Waals surface area (Å²) >= 11 is 0. The lowest BCUT2D eigenvalue weighted by molar-refractivity contribution is -0.132. The number of anilines is 1. The molecule has 0 spiro atoms. The smallest absolute Gasteiger partial charge is 0.246 e. The highest BCUT2D eigenvalue weighted by Crippen LogP contribution is 2.61. The maximum absolute atomic E-state index is 12.6. The standard InChI is InChI=1S/C22H30N2O2/c1-14-3-5-19(6-4-14)24-21(26)15(2)23-20(25)13-22-10-16-7-17(11-22)9-18(8-16)12-22/h3-6,15-18H,7-13H2,1-2H3,(H,23,25)(H,24,26)/t15-,16?,17?,18?,22?/m0/s1. The van der Waals surface area contributed by atoms with Gasteiger partial charge in [-0.05, 0) is 87.7 Å². The minimum atomic E-state index is -0.516. The maximum Gasteiger partial charge on any atom is 0.246 e. The van der Waals surface area contributed by atoms with Crippen molar-refractivity contribution in [3.63, 3.8) is 0 Å². The van der Waals surface area contributed by atoms with Crippen LogP contribution < -0.4 is 10.6 Å². The Morgan fingerprint density at radius 1 is 1.04 bits per heavy atom. The number of hydrogen-bond donors (Lipinski definition) is 2. The number of hydrogen-bond acceptors (Lipinski definition) is 2. The van der Waals surface area contributed by atoms with E-state index in [2.05, 4.69) is 10.6 Å². The van der Waals surface area contributed by atoms with E-state index in [0.29, 0.717) is 6.42 Å². The van der Waals surface area contributed by atoms with Gasteiger partial charge in [-0.2, -0.15) is 0 Å². The van der Waals surface area contributed by atoms with Gasteiger partial charge >= 0.3 is 0 Å². The summed E-state index contributed by atoms with van der Waals surface area (Å²) in [6, 6.07) is 7.18. The topological polar surface area (TPSA) is 58.2 Å². The van der Waals surface area contributed by atoms with E-state index in [1.54, 1.807) is 6.92 Å². The number of aryl methyl sites for hydroxylation is 1. The van der Waals surface area contributed by atoms with Crippen LogP contribution in [0.3, 0.4) is 0 Å². The minimum Gasteiger partial charge on any atom is -0.345 e. The van der Waals surface area contributed by atoms with E-state index < -0.39 is 6.04 Å². The summed E-state index contributed by atoms with van der Waals surface area (Å²) in [4.78, 5) is 25.0. The van der Waals surface area contributed by atoms with E-state index in [9.17, 15) is 9.59 Å². The molecular formula is C22H30N2O2. The summed E-state index contributed by atoms with van der Waals surface area (Å²) in [5.41, 5.74) is 2.13. The lowest BCUT2D eigenvalue weighted by Gasteiger charge is -2.56. The molecule has 0 unspecified atom stereocenters. The second-order valence-corrected chi connectivity index (χ2v) is 9.24. The Hall–Kier alpha value is -1.84. The predicted octanol–water partition coefficient (Wildman–Crippen LogP) is 4.04. The van der Waals surface area contributed by atoms with Crippen LogP contribution >= 0.6 is 0 Å². The first kappa shape index (κ1) is 17.6. The van der Waals surface area contributed by atoms with E-state index in [0.717, 1.165) is 29.0 Å². The van der Waals surface area contributed by atoms with Crippen LogP contribution in [-0.2, 0) is 9.59 Å². The third-order valence-corrected chi connectivity index (χ3v) is 6.79. The van der Waals surface area contributed by atoms with E-state index in [1.165, 1.54) is 38.5 Å². The van der Waals surface area contributed by atoms with Crippen molar-refractivity contribution in [2.75, 3.05) is 5.32 Å². The molecule has 2 amide bonds. The molecule has 4 aliphatic rings. The molecule has 4 bridgehead atoms. The zero-order chi connectivity index (χ0) is 18.3. The normalized spacial score (nSPS) is 32.9. The lowest BCUT2D eigenvalue weighted by Crippen LogP contribution is -2.49. The highest BCUT2D eigenvalue weighted by molar-refractivity contribution is 5.96. The van der Waals surface area contributed by atoms with Gasteiger partial charge in [0, 0.05) is 12.1 Å². The summed E-state index contributed by atoms with van der Waals surface area (Å²) in [6.45, 7) is 3.78. The molecule has 1 aromatic carbocycles. The predicted molar refractivity (Wildman–Crippen MR) is 103 cm³/mol. The fourth-order valence-corrected chi connectivity index (χ4v) is 6.09. The molecule has 0 saturated heterocycles. The van der Waals surface area contributed by atoms with Crippen LogP contribution in [-0.4, -0.2) is 17.9 Å². The Kier molecular flexibility index (Phi) is 4.54. The van der Waals surface area contributed by atoms with Crippen LogP contribution in [0.25, 0.3) is 0 Å². The summed E-state index contributed by atoms with van der Waals surface area (Å²) in [6.07, 6.45) is 8.41. The summed E-state index contributed by atoms with van der Waals surface area (Å²) < 4.78 is 0. The average Bonchev–Trinajstić information content (AvgIpc) is 2.55. The summed E-state index contributed by atoms with van der Waals surface area (Å²) in [5.74, 6) is 2.41. The van der Waals surface area contributed by atoms with Crippen LogP contribution in [0.5, 0.6) is 0 Å². The first-order valence-corrected chi connectivity index (χ1v) is 10.1.